The Morgan fingerprint density at radius 1 is 1.16 bits per heavy atom. The summed E-state index contributed by atoms with van der Waals surface area (Å²) in [5, 5.41) is 3.57. The fourth-order valence-corrected chi connectivity index (χ4v) is 4.41. The molecule has 6 nitrogen and oxygen atoms in total. The molecule has 32 heavy (non-hydrogen) atoms. The molecular formula is C26H35N3O3. The molecule has 2 heterocycles. The maximum absolute atomic E-state index is 13.4. The Bertz CT molecular complexity index is 870. The number of furan rings is 1. The second-order valence-corrected chi connectivity index (χ2v) is 8.76. The maximum atomic E-state index is 13.4. The van der Waals surface area contributed by atoms with Crippen LogP contribution in [-0.4, -0.2) is 55.1 Å². The topological polar surface area (TPSA) is 58.0 Å². The first-order chi connectivity index (χ1) is 15.7. The van der Waals surface area contributed by atoms with E-state index in [0.29, 0.717) is 13.1 Å². The minimum absolute atomic E-state index is 0.0865. The van der Waals surface area contributed by atoms with Crippen molar-refractivity contribution in [3.8, 4) is 0 Å². The fourth-order valence-electron chi connectivity index (χ4n) is 4.41. The second-order valence-electron chi connectivity index (χ2n) is 8.76. The van der Waals surface area contributed by atoms with Crippen LogP contribution in [-0.2, 0) is 16.1 Å². The van der Waals surface area contributed by atoms with Crippen LogP contribution in [0.2, 0.25) is 0 Å². The highest BCUT2D eigenvalue weighted by Gasteiger charge is 2.23. The molecule has 0 radical (unpaired) electrons. The van der Waals surface area contributed by atoms with Crippen LogP contribution >= 0.6 is 0 Å². The number of benzene rings is 1. The molecule has 172 valence electrons. The van der Waals surface area contributed by atoms with E-state index in [1.54, 1.807) is 6.26 Å². The van der Waals surface area contributed by atoms with Crippen LogP contribution in [0, 0.1) is 6.92 Å². The van der Waals surface area contributed by atoms with Gasteiger partial charge in [-0.1, -0.05) is 35.9 Å². The lowest BCUT2D eigenvalue weighted by Crippen LogP contribution is -2.44. The number of carbonyl (C=O) groups is 1. The molecule has 1 aliphatic carbocycles. The van der Waals surface area contributed by atoms with E-state index in [0.717, 1.165) is 63.6 Å². The van der Waals surface area contributed by atoms with Crippen molar-refractivity contribution in [2.24, 2.45) is 0 Å². The molecule has 1 N–H and O–H groups in total. The normalized spacial score (nSPS) is 18.2. The summed E-state index contributed by atoms with van der Waals surface area (Å²) in [5.74, 6) is 0.905. The Hall–Kier alpha value is -2.41. The third kappa shape index (κ3) is 6.31. The smallest absolute Gasteiger partial charge is 0.241 e. The summed E-state index contributed by atoms with van der Waals surface area (Å²) < 4.78 is 11.1. The van der Waals surface area contributed by atoms with Crippen LogP contribution in [0.5, 0.6) is 0 Å². The number of aryl methyl sites for hydroxylation is 1. The van der Waals surface area contributed by atoms with Crippen LogP contribution in [0.15, 0.2) is 58.9 Å². The molecule has 0 unspecified atom stereocenters. The highest BCUT2D eigenvalue weighted by Crippen LogP contribution is 2.24. The number of carbonyl (C=O) groups excluding carboxylic acids is 1. The summed E-state index contributed by atoms with van der Waals surface area (Å²) in [7, 11) is 0. The van der Waals surface area contributed by atoms with Gasteiger partial charge >= 0.3 is 0 Å². The number of nitrogens with zero attached hydrogens (tertiary/aromatic N) is 2. The van der Waals surface area contributed by atoms with Gasteiger partial charge in [-0.3, -0.25) is 9.69 Å². The van der Waals surface area contributed by atoms with E-state index in [4.69, 9.17) is 9.15 Å². The minimum Gasteiger partial charge on any atom is -0.467 e. The van der Waals surface area contributed by atoms with Gasteiger partial charge in [0, 0.05) is 31.4 Å². The maximum Gasteiger partial charge on any atom is 0.241 e. The van der Waals surface area contributed by atoms with Crippen LogP contribution in [0.4, 0.5) is 0 Å². The van der Waals surface area contributed by atoms with Gasteiger partial charge in [-0.05, 0) is 50.3 Å². The molecule has 1 amide bonds. The first-order valence-corrected chi connectivity index (χ1v) is 11.8. The molecule has 0 spiro atoms. The van der Waals surface area contributed by atoms with Gasteiger partial charge in [-0.15, -0.1) is 0 Å². The summed E-state index contributed by atoms with van der Waals surface area (Å²) in [6.07, 6.45) is 8.19. The SMILES string of the molecule is Cc1ccc([C@@H](CN2CCOCC2)NCC(=O)N(Cc2ccco2)C2=CCCCC2)cc1. The summed E-state index contributed by atoms with van der Waals surface area (Å²) in [6, 6.07) is 12.5. The molecule has 1 atom stereocenters. The van der Waals surface area contributed by atoms with Crippen molar-refractivity contribution < 1.29 is 13.9 Å². The Kier molecular flexibility index (Phi) is 8.15. The Labute approximate surface area is 191 Å². The van der Waals surface area contributed by atoms with Gasteiger partial charge in [0.2, 0.25) is 5.91 Å². The average Bonchev–Trinajstić information content (AvgIpc) is 3.35. The molecule has 0 bridgehead atoms. The zero-order valence-corrected chi connectivity index (χ0v) is 19.1. The van der Waals surface area contributed by atoms with Gasteiger partial charge in [0.1, 0.15) is 5.76 Å². The van der Waals surface area contributed by atoms with Gasteiger partial charge in [-0.2, -0.15) is 0 Å². The van der Waals surface area contributed by atoms with E-state index >= 15 is 0 Å². The lowest BCUT2D eigenvalue weighted by atomic mass is 10.0. The predicted molar refractivity (Wildman–Crippen MR) is 125 cm³/mol. The highest BCUT2D eigenvalue weighted by atomic mass is 16.5. The molecule has 1 aromatic carbocycles. The third-order valence-electron chi connectivity index (χ3n) is 6.33. The summed E-state index contributed by atoms with van der Waals surface area (Å²) >= 11 is 0. The van der Waals surface area contributed by atoms with Crippen molar-refractivity contribution in [1.29, 1.82) is 0 Å². The highest BCUT2D eigenvalue weighted by molar-refractivity contribution is 5.80. The molecule has 1 aromatic heterocycles. The van der Waals surface area contributed by atoms with Gasteiger partial charge in [0.25, 0.3) is 0 Å². The summed E-state index contributed by atoms with van der Waals surface area (Å²) in [5.41, 5.74) is 3.58. The van der Waals surface area contributed by atoms with E-state index in [1.165, 1.54) is 17.5 Å². The van der Waals surface area contributed by atoms with E-state index in [-0.39, 0.29) is 11.9 Å². The molecule has 1 fully saturated rings. The number of rotatable bonds is 9. The number of nitrogens with one attached hydrogen (secondary N) is 1. The Morgan fingerprint density at radius 3 is 2.66 bits per heavy atom. The van der Waals surface area contributed by atoms with Gasteiger partial charge in [0.15, 0.2) is 0 Å². The Morgan fingerprint density at radius 2 is 1.97 bits per heavy atom. The average molecular weight is 438 g/mol. The molecule has 1 aliphatic heterocycles. The lowest BCUT2D eigenvalue weighted by molar-refractivity contribution is -0.129. The molecule has 4 rings (SSSR count). The quantitative estimate of drug-likeness (QED) is 0.642. The zero-order valence-electron chi connectivity index (χ0n) is 19.1. The number of ether oxygens (including phenoxy) is 1. The van der Waals surface area contributed by atoms with Crippen molar-refractivity contribution >= 4 is 5.91 Å². The fraction of sp³-hybridized carbons (Fsp3) is 0.500. The number of hydrogen-bond acceptors (Lipinski definition) is 5. The van der Waals surface area contributed by atoms with Crippen molar-refractivity contribution in [2.75, 3.05) is 39.4 Å². The number of amides is 1. The van der Waals surface area contributed by atoms with Gasteiger partial charge in [-0.25, -0.2) is 0 Å². The summed E-state index contributed by atoms with van der Waals surface area (Å²) in [4.78, 5) is 17.7. The van der Waals surface area contributed by atoms with Crippen LogP contribution < -0.4 is 5.32 Å². The van der Waals surface area contributed by atoms with Crippen LogP contribution in [0.25, 0.3) is 0 Å². The second kappa shape index (κ2) is 11.5. The largest absolute Gasteiger partial charge is 0.467 e. The summed E-state index contributed by atoms with van der Waals surface area (Å²) in [6.45, 7) is 7.13. The molecule has 2 aromatic rings. The van der Waals surface area contributed by atoms with Gasteiger partial charge < -0.3 is 19.4 Å². The van der Waals surface area contributed by atoms with Crippen LogP contribution in [0.1, 0.15) is 48.6 Å². The van der Waals surface area contributed by atoms with E-state index in [9.17, 15) is 4.79 Å². The lowest BCUT2D eigenvalue weighted by Gasteiger charge is -2.32. The van der Waals surface area contributed by atoms with Crippen molar-refractivity contribution in [3.05, 3.63) is 71.3 Å². The third-order valence-corrected chi connectivity index (χ3v) is 6.33. The molecule has 0 saturated carbocycles. The van der Waals surface area contributed by atoms with E-state index < -0.39 is 0 Å². The first-order valence-electron chi connectivity index (χ1n) is 11.8. The molecule has 1 saturated heterocycles. The number of hydrogen-bond donors (Lipinski definition) is 1. The zero-order chi connectivity index (χ0) is 22.2. The van der Waals surface area contributed by atoms with E-state index in [2.05, 4.69) is 47.5 Å². The van der Waals surface area contributed by atoms with E-state index in [1.807, 2.05) is 17.0 Å². The van der Waals surface area contributed by atoms with Gasteiger partial charge in [0.05, 0.1) is 32.6 Å². The first kappa shape index (κ1) is 22.8. The number of allylic oxidation sites excluding steroid dienone is 2. The van der Waals surface area contributed by atoms with Crippen molar-refractivity contribution in [1.82, 2.24) is 15.1 Å². The van der Waals surface area contributed by atoms with Crippen LogP contribution in [0.3, 0.4) is 0 Å². The van der Waals surface area contributed by atoms with Crippen molar-refractivity contribution in [2.45, 2.75) is 45.2 Å². The molecule has 2 aliphatic rings. The molecular weight excluding hydrogens is 402 g/mol. The Balaban J connectivity index is 1.45. The predicted octanol–water partition coefficient (Wildman–Crippen LogP) is 4.04. The minimum atomic E-state index is 0.0865. The van der Waals surface area contributed by atoms with Crippen molar-refractivity contribution in [3.63, 3.8) is 0 Å². The monoisotopic (exact) mass is 437 g/mol. The number of morpholine rings is 1. The standard InChI is InChI=1S/C26H35N3O3/c1-21-9-11-22(12-10-21)25(20-28-13-16-31-17-14-28)27-18-26(30)29(19-24-8-5-15-32-24)23-6-3-2-4-7-23/h5-6,8-12,15,25,27H,2-4,7,13-14,16-20H2,1H3/t25-/m1/s1. The molecule has 6 heteroatoms.